The normalized spacial score (nSPS) is 11.2. The Morgan fingerprint density at radius 2 is 1.50 bits per heavy atom. The number of benzene rings is 2. The van der Waals surface area contributed by atoms with E-state index in [-0.39, 0.29) is 16.2 Å². The Hall–Kier alpha value is -3.26. The highest BCUT2D eigenvalue weighted by Gasteiger charge is 2.19. The molecule has 3 rings (SSSR count). The largest absolute Gasteiger partial charge is 0.295 e. The summed E-state index contributed by atoms with van der Waals surface area (Å²) in [5.74, 6) is -0.911. The third kappa shape index (κ3) is 4.01. The molecule has 8 heteroatoms. The Kier molecular flexibility index (Phi) is 5.15. The lowest BCUT2D eigenvalue weighted by Gasteiger charge is -2.09. The second-order valence-electron chi connectivity index (χ2n) is 6.40. The number of aromatic nitrogens is 2. The summed E-state index contributed by atoms with van der Waals surface area (Å²) < 4.78 is 28.6. The van der Waals surface area contributed by atoms with E-state index >= 15 is 0 Å². The van der Waals surface area contributed by atoms with Gasteiger partial charge in [0, 0.05) is 16.8 Å². The fraction of sp³-hybridized carbons (Fsp3) is 0.150. The molecule has 0 unspecified atom stereocenters. The molecule has 0 atom stereocenters. The first-order chi connectivity index (χ1) is 13.2. The molecule has 1 amide bonds. The molecule has 1 heterocycles. The summed E-state index contributed by atoms with van der Waals surface area (Å²) in [6, 6.07) is 13.8. The van der Waals surface area contributed by atoms with Gasteiger partial charge in [0.15, 0.2) is 5.78 Å². The Morgan fingerprint density at radius 1 is 0.929 bits per heavy atom. The molecule has 0 bridgehead atoms. The standard InChI is InChI=1S/C20H19N3O4S/c1-13-12-14(2)23(21-13)18-8-4-17(5-9-18)20(25)22-28(26,27)19-10-6-16(7-11-19)15(3)24/h4-12H,1-3H3,(H,22,25). The third-order valence-corrected chi connectivity index (χ3v) is 5.53. The fourth-order valence-electron chi connectivity index (χ4n) is 2.75. The second kappa shape index (κ2) is 7.40. The van der Waals surface area contributed by atoms with Gasteiger partial charge in [0.25, 0.3) is 15.9 Å². The fourth-order valence-corrected chi connectivity index (χ4v) is 3.73. The molecular formula is C20H19N3O4S. The summed E-state index contributed by atoms with van der Waals surface area (Å²) in [4.78, 5) is 23.6. The van der Waals surface area contributed by atoms with E-state index in [1.54, 1.807) is 16.8 Å². The van der Waals surface area contributed by atoms with Gasteiger partial charge in [-0.05, 0) is 63.2 Å². The molecule has 0 fully saturated rings. The van der Waals surface area contributed by atoms with Crippen molar-refractivity contribution in [3.05, 3.63) is 77.1 Å². The van der Waals surface area contributed by atoms with E-state index in [0.29, 0.717) is 5.56 Å². The number of hydrogen-bond acceptors (Lipinski definition) is 5. The number of rotatable bonds is 5. The number of amides is 1. The Morgan fingerprint density at radius 3 is 2.00 bits per heavy atom. The van der Waals surface area contributed by atoms with Crippen LogP contribution in [0.25, 0.3) is 5.69 Å². The topological polar surface area (TPSA) is 98.1 Å². The van der Waals surface area contributed by atoms with Crippen molar-refractivity contribution in [3.8, 4) is 5.69 Å². The van der Waals surface area contributed by atoms with Crippen molar-refractivity contribution < 1.29 is 18.0 Å². The molecule has 1 aromatic heterocycles. The van der Waals surface area contributed by atoms with Crippen LogP contribution in [-0.4, -0.2) is 29.9 Å². The zero-order chi connectivity index (χ0) is 20.5. The smallest absolute Gasteiger partial charge is 0.264 e. The minimum Gasteiger partial charge on any atom is -0.295 e. The van der Waals surface area contributed by atoms with Crippen LogP contribution in [0.2, 0.25) is 0 Å². The molecule has 3 aromatic rings. The molecule has 0 saturated carbocycles. The Labute approximate surface area is 163 Å². The molecule has 144 valence electrons. The Bertz CT molecular complexity index is 1150. The molecule has 0 aliphatic rings. The SMILES string of the molecule is CC(=O)c1ccc(S(=O)(=O)NC(=O)c2ccc(-n3nc(C)cc3C)cc2)cc1. The first-order valence-electron chi connectivity index (χ1n) is 8.49. The van der Waals surface area contributed by atoms with Crippen molar-refractivity contribution in [3.63, 3.8) is 0 Å². The van der Waals surface area contributed by atoms with Gasteiger partial charge in [-0.15, -0.1) is 0 Å². The van der Waals surface area contributed by atoms with E-state index < -0.39 is 15.9 Å². The lowest BCUT2D eigenvalue weighted by Crippen LogP contribution is -2.30. The summed E-state index contributed by atoms with van der Waals surface area (Å²) in [5, 5.41) is 4.37. The molecule has 0 saturated heterocycles. The van der Waals surface area contributed by atoms with Crippen LogP contribution in [0.1, 0.15) is 39.0 Å². The van der Waals surface area contributed by atoms with Gasteiger partial charge >= 0.3 is 0 Å². The summed E-state index contributed by atoms with van der Waals surface area (Å²) in [6.45, 7) is 5.20. The van der Waals surface area contributed by atoms with Crippen LogP contribution in [-0.2, 0) is 10.0 Å². The molecule has 28 heavy (non-hydrogen) atoms. The summed E-state index contributed by atoms with van der Waals surface area (Å²) in [6.07, 6.45) is 0. The highest BCUT2D eigenvalue weighted by Crippen LogP contribution is 2.15. The number of hydrogen-bond donors (Lipinski definition) is 1. The minimum atomic E-state index is -4.04. The number of Topliss-reactive ketones (excluding diaryl/α,β-unsaturated/α-hetero) is 1. The average Bonchev–Trinajstić information content (AvgIpc) is 2.99. The van der Waals surface area contributed by atoms with Gasteiger partial charge in [0.05, 0.1) is 16.3 Å². The maximum atomic E-state index is 12.4. The van der Waals surface area contributed by atoms with Gasteiger partial charge in [-0.1, -0.05) is 12.1 Å². The summed E-state index contributed by atoms with van der Waals surface area (Å²) in [5.41, 5.74) is 3.19. The average molecular weight is 397 g/mol. The third-order valence-electron chi connectivity index (χ3n) is 4.18. The summed E-state index contributed by atoms with van der Waals surface area (Å²) in [7, 11) is -4.04. The number of nitrogens with zero attached hydrogens (tertiary/aromatic N) is 2. The van der Waals surface area contributed by atoms with E-state index in [9.17, 15) is 18.0 Å². The van der Waals surface area contributed by atoms with Crippen LogP contribution in [0.15, 0.2) is 59.5 Å². The number of carbonyl (C=O) groups is 2. The van der Waals surface area contributed by atoms with Gasteiger partial charge in [-0.25, -0.2) is 17.8 Å². The van der Waals surface area contributed by atoms with Crippen LogP contribution in [0.5, 0.6) is 0 Å². The molecule has 7 nitrogen and oxygen atoms in total. The summed E-state index contributed by atoms with van der Waals surface area (Å²) >= 11 is 0. The van der Waals surface area contributed by atoms with Crippen LogP contribution >= 0.6 is 0 Å². The van der Waals surface area contributed by atoms with Gasteiger partial charge in [-0.2, -0.15) is 5.10 Å². The van der Waals surface area contributed by atoms with Gasteiger partial charge < -0.3 is 0 Å². The van der Waals surface area contributed by atoms with Crippen LogP contribution in [0, 0.1) is 13.8 Å². The predicted octanol–water partition coefficient (Wildman–Crippen LogP) is 2.81. The lowest BCUT2D eigenvalue weighted by molar-refractivity contribution is 0.0979. The van der Waals surface area contributed by atoms with Gasteiger partial charge in [0.2, 0.25) is 0 Å². The molecular weight excluding hydrogens is 378 g/mol. The van der Waals surface area contributed by atoms with E-state index in [1.807, 2.05) is 24.6 Å². The first kappa shape index (κ1) is 19.5. The zero-order valence-corrected chi connectivity index (χ0v) is 16.4. The van der Waals surface area contributed by atoms with Crippen LogP contribution in [0.3, 0.4) is 0 Å². The first-order valence-corrected chi connectivity index (χ1v) is 9.97. The zero-order valence-electron chi connectivity index (χ0n) is 15.6. The van der Waals surface area contributed by atoms with E-state index in [0.717, 1.165) is 17.1 Å². The number of nitrogens with one attached hydrogen (secondary N) is 1. The molecule has 2 aromatic carbocycles. The number of sulfonamides is 1. The van der Waals surface area contributed by atoms with Crippen molar-refractivity contribution in [1.82, 2.24) is 14.5 Å². The highest BCUT2D eigenvalue weighted by atomic mass is 32.2. The Balaban J connectivity index is 1.78. The highest BCUT2D eigenvalue weighted by molar-refractivity contribution is 7.90. The molecule has 0 aliphatic heterocycles. The van der Waals surface area contributed by atoms with E-state index in [4.69, 9.17) is 0 Å². The molecule has 0 aliphatic carbocycles. The lowest BCUT2D eigenvalue weighted by atomic mass is 10.2. The number of ketones is 1. The maximum Gasteiger partial charge on any atom is 0.264 e. The number of aryl methyl sites for hydroxylation is 2. The van der Waals surface area contributed by atoms with Crippen molar-refractivity contribution >= 4 is 21.7 Å². The molecule has 0 spiro atoms. The van der Waals surface area contributed by atoms with Crippen LogP contribution in [0.4, 0.5) is 0 Å². The van der Waals surface area contributed by atoms with Crippen molar-refractivity contribution in [2.45, 2.75) is 25.7 Å². The van der Waals surface area contributed by atoms with Crippen molar-refractivity contribution in [2.24, 2.45) is 0 Å². The van der Waals surface area contributed by atoms with E-state index in [2.05, 4.69) is 5.10 Å². The monoisotopic (exact) mass is 397 g/mol. The van der Waals surface area contributed by atoms with Gasteiger partial charge in [0.1, 0.15) is 0 Å². The maximum absolute atomic E-state index is 12.4. The van der Waals surface area contributed by atoms with Crippen LogP contribution < -0.4 is 4.72 Å². The number of carbonyl (C=O) groups excluding carboxylic acids is 2. The second-order valence-corrected chi connectivity index (χ2v) is 8.08. The molecule has 1 N–H and O–H groups in total. The minimum absolute atomic E-state index is 0.0925. The van der Waals surface area contributed by atoms with Crippen molar-refractivity contribution in [1.29, 1.82) is 0 Å². The van der Waals surface area contributed by atoms with Gasteiger partial charge in [-0.3, -0.25) is 9.59 Å². The quantitative estimate of drug-likeness (QED) is 0.668. The predicted molar refractivity (Wildman–Crippen MR) is 104 cm³/mol. The molecule has 0 radical (unpaired) electrons. The van der Waals surface area contributed by atoms with Crippen molar-refractivity contribution in [2.75, 3.05) is 0 Å². The van der Waals surface area contributed by atoms with E-state index in [1.165, 1.54) is 43.3 Å².